The van der Waals surface area contributed by atoms with Crippen molar-refractivity contribution in [2.24, 2.45) is 5.10 Å². The van der Waals surface area contributed by atoms with E-state index in [2.05, 4.69) is 21.0 Å². The smallest absolute Gasteiger partial charge is 0.312 e. The van der Waals surface area contributed by atoms with Gasteiger partial charge in [0.2, 0.25) is 11.6 Å². The predicted molar refractivity (Wildman–Crippen MR) is 116 cm³/mol. The molecular formula is C21H15BrF5N3O4. The van der Waals surface area contributed by atoms with Crippen molar-refractivity contribution in [3.63, 3.8) is 0 Å². The van der Waals surface area contributed by atoms with Crippen LogP contribution in [0.15, 0.2) is 27.3 Å². The van der Waals surface area contributed by atoms with E-state index in [4.69, 9.17) is 4.74 Å². The highest BCUT2D eigenvalue weighted by molar-refractivity contribution is 9.10. The molecule has 0 aliphatic carbocycles. The summed E-state index contributed by atoms with van der Waals surface area (Å²) < 4.78 is 74.7. The first kappa shape index (κ1) is 25.3. The van der Waals surface area contributed by atoms with E-state index in [-0.39, 0.29) is 38.2 Å². The van der Waals surface area contributed by atoms with E-state index < -0.39 is 51.3 Å². The molecule has 180 valence electrons. The second kappa shape index (κ2) is 9.49. The van der Waals surface area contributed by atoms with Gasteiger partial charge in [0, 0.05) is 6.07 Å². The van der Waals surface area contributed by atoms with Crippen LogP contribution in [0, 0.1) is 39.2 Å². The summed E-state index contributed by atoms with van der Waals surface area (Å²) in [5.41, 5.74) is -2.23. The molecule has 1 atom stereocenters. The molecular weight excluding hydrogens is 533 g/mol. The number of hydrogen-bond donors (Lipinski definition) is 0. The van der Waals surface area contributed by atoms with Crippen LogP contribution in [0.25, 0.3) is 6.08 Å². The van der Waals surface area contributed by atoms with Crippen LogP contribution in [0.2, 0.25) is 0 Å². The van der Waals surface area contributed by atoms with E-state index >= 15 is 0 Å². The van der Waals surface area contributed by atoms with Gasteiger partial charge in [0.1, 0.15) is 5.69 Å². The molecule has 34 heavy (non-hydrogen) atoms. The highest BCUT2D eigenvalue weighted by atomic mass is 79.9. The van der Waals surface area contributed by atoms with Crippen LogP contribution in [0.4, 0.5) is 33.3 Å². The second-order valence-electron chi connectivity index (χ2n) is 7.22. The molecule has 1 aliphatic rings. The van der Waals surface area contributed by atoms with Crippen molar-refractivity contribution in [2.45, 2.75) is 33.3 Å². The van der Waals surface area contributed by atoms with Crippen molar-refractivity contribution >= 4 is 45.0 Å². The molecule has 1 heterocycles. The Morgan fingerprint density at radius 1 is 1.15 bits per heavy atom. The summed E-state index contributed by atoms with van der Waals surface area (Å²) in [5, 5.41) is 15.2. The van der Waals surface area contributed by atoms with Crippen LogP contribution < -0.4 is 9.75 Å². The van der Waals surface area contributed by atoms with Gasteiger partial charge < -0.3 is 4.74 Å². The van der Waals surface area contributed by atoms with Gasteiger partial charge in [0.05, 0.1) is 26.8 Å². The van der Waals surface area contributed by atoms with Gasteiger partial charge in [-0.2, -0.15) is 10.1 Å². The van der Waals surface area contributed by atoms with Gasteiger partial charge in [-0.3, -0.25) is 14.9 Å². The Hall–Kier alpha value is -3.35. The predicted octanol–water partition coefficient (Wildman–Crippen LogP) is 6.04. The average molecular weight is 548 g/mol. The maximum absolute atomic E-state index is 14.2. The Morgan fingerprint density at radius 2 is 1.71 bits per heavy atom. The van der Waals surface area contributed by atoms with Crippen LogP contribution in [0.5, 0.6) is 5.75 Å². The molecule has 0 bridgehead atoms. The Kier molecular flexibility index (Phi) is 7.05. The summed E-state index contributed by atoms with van der Waals surface area (Å²) in [7, 11) is 0. The number of carbonyl (C=O) groups excluding carboxylic acids is 1. The third kappa shape index (κ3) is 4.39. The van der Waals surface area contributed by atoms with Crippen molar-refractivity contribution in [1.82, 2.24) is 0 Å². The lowest BCUT2D eigenvalue weighted by Crippen LogP contribution is -2.25. The molecule has 7 nitrogen and oxygen atoms in total. The van der Waals surface area contributed by atoms with E-state index in [0.717, 1.165) is 12.1 Å². The number of nitrogens with zero attached hydrogens (tertiary/aromatic N) is 3. The number of nitro benzene ring substituents is 1. The quantitative estimate of drug-likeness (QED) is 0.110. The SMILES string of the molecule is CC[C@H](C)Oc1c(Br)cc(/C=C2\C(=O)N(c3c(F)c(F)c(F)c(F)c3F)N=C2C)cc1[N+](=O)[O-]. The van der Waals surface area contributed by atoms with Crippen molar-refractivity contribution in [2.75, 3.05) is 5.01 Å². The molecule has 0 spiro atoms. The standard InChI is InChI=1S/C21H15BrF5N3O4/c1-4-8(2)34-20-12(22)6-10(7-13(20)30(32)33)5-11-9(3)28-29(21(11)31)19-17(26)15(24)14(23)16(25)18(19)27/h5-8H,4H2,1-3H3/b11-5-/t8-/m0/s1. The Labute approximate surface area is 197 Å². The third-order valence-electron chi connectivity index (χ3n) is 4.91. The largest absolute Gasteiger partial charge is 0.483 e. The third-order valence-corrected chi connectivity index (χ3v) is 5.50. The lowest BCUT2D eigenvalue weighted by atomic mass is 10.1. The topological polar surface area (TPSA) is 85.0 Å². The molecule has 0 N–H and O–H groups in total. The molecule has 2 aromatic carbocycles. The molecule has 0 aromatic heterocycles. The van der Waals surface area contributed by atoms with Gasteiger partial charge in [-0.05, 0) is 53.9 Å². The molecule has 0 saturated heterocycles. The molecule has 0 saturated carbocycles. The number of anilines is 1. The fourth-order valence-corrected chi connectivity index (χ4v) is 3.56. The summed E-state index contributed by atoms with van der Waals surface area (Å²) in [4.78, 5) is 23.7. The van der Waals surface area contributed by atoms with E-state index in [1.165, 1.54) is 13.0 Å². The number of nitro groups is 1. The Morgan fingerprint density at radius 3 is 2.24 bits per heavy atom. The molecule has 1 amide bonds. The van der Waals surface area contributed by atoms with E-state index in [0.29, 0.717) is 6.42 Å². The van der Waals surface area contributed by atoms with Crippen LogP contribution in [0.3, 0.4) is 0 Å². The average Bonchev–Trinajstić information content (AvgIpc) is 3.05. The minimum atomic E-state index is -2.38. The first-order chi connectivity index (χ1) is 15.9. The molecule has 0 unspecified atom stereocenters. The Bertz CT molecular complexity index is 1250. The summed E-state index contributed by atoms with van der Waals surface area (Å²) >= 11 is 3.19. The minimum Gasteiger partial charge on any atom is -0.483 e. The molecule has 0 radical (unpaired) electrons. The van der Waals surface area contributed by atoms with Crippen molar-refractivity contribution in [3.8, 4) is 5.75 Å². The maximum atomic E-state index is 14.2. The summed E-state index contributed by atoms with van der Waals surface area (Å²) in [6.45, 7) is 4.81. The van der Waals surface area contributed by atoms with Crippen LogP contribution >= 0.6 is 15.9 Å². The van der Waals surface area contributed by atoms with Gasteiger partial charge in [0.15, 0.2) is 23.3 Å². The first-order valence-corrected chi connectivity index (χ1v) is 10.5. The van der Waals surface area contributed by atoms with Gasteiger partial charge in [-0.1, -0.05) is 6.92 Å². The number of amides is 1. The number of ether oxygens (including phenoxy) is 1. The number of carbonyl (C=O) groups is 1. The Balaban J connectivity index is 2.08. The first-order valence-electron chi connectivity index (χ1n) is 9.66. The number of hydrazone groups is 1. The highest BCUT2D eigenvalue weighted by Crippen LogP contribution is 2.39. The summed E-state index contributed by atoms with van der Waals surface area (Å²) in [6, 6.07) is 2.51. The van der Waals surface area contributed by atoms with E-state index in [1.54, 1.807) is 6.92 Å². The van der Waals surface area contributed by atoms with Gasteiger partial charge in [-0.15, -0.1) is 0 Å². The zero-order valence-electron chi connectivity index (χ0n) is 17.8. The van der Waals surface area contributed by atoms with E-state index in [9.17, 15) is 36.9 Å². The van der Waals surface area contributed by atoms with Gasteiger partial charge in [-0.25, -0.2) is 22.0 Å². The van der Waals surface area contributed by atoms with Crippen molar-refractivity contribution in [3.05, 3.63) is 66.9 Å². The second-order valence-corrected chi connectivity index (χ2v) is 8.08. The number of rotatable bonds is 6. The lowest BCUT2D eigenvalue weighted by molar-refractivity contribution is -0.386. The van der Waals surface area contributed by atoms with E-state index in [1.807, 2.05) is 6.92 Å². The van der Waals surface area contributed by atoms with Crippen LogP contribution in [0.1, 0.15) is 32.8 Å². The fourth-order valence-electron chi connectivity index (χ4n) is 3.00. The number of halogens is 6. The lowest BCUT2D eigenvalue weighted by Gasteiger charge is -2.15. The van der Waals surface area contributed by atoms with Crippen molar-refractivity contribution in [1.29, 1.82) is 0 Å². The number of benzene rings is 2. The molecule has 1 aliphatic heterocycles. The zero-order chi connectivity index (χ0) is 25.5. The molecule has 13 heteroatoms. The molecule has 2 aromatic rings. The fraction of sp³-hybridized carbons (Fsp3) is 0.238. The normalized spacial score (nSPS) is 15.7. The van der Waals surface area contributed by atoms with Gasteiger partial charge >= 0.3 is 5.69 Å². The number of hydrogen-bond acceptors (Lipinski definition) is 5. The monoisotopic (exact) mass is 547 g/mol. The van der Waals surface area contributed by atoms with Crippen molar-refractivity contribution < 1.29 is 36.4 Å². The minimum absolute atomic E-state index is 0.0346. The summed E-state index contributed by atoms with van der Waals surface area (Å²) in [5.74, 6) is -12.5. The zero-order valence-corrected chi connectivity index (χ0v) is 19.3. The molecule has 3 rings (SSSR count). The van der Waals surface area contributed by atoms with Gasteiger partial charge in [0.25, 0.3) is 5.91 Å². The molecule has 0 fully saturated rings. The summed E-state index contributed by atoms with van der Waals surface area (Å²) in [6.07, 6.45) is 1.38. The highest BCUT2D eigenvalue weighted by Gasteiger charge is 2.37. The maximum Gasteiger partial charge on any atom is 0.312 e. The van der Waals surface area contributed by atoms with Crippen LogP contribution in [-0.4, -0.2) is 22.6 Å². The van der Waals surface area contributed by atoms with Crippen LogP contribution in [-0.2, 0) is 4.79 Å².